The molecule has 2 N–H and O–H groups in total. The molecule has 35 heavy (non-hydrogen) atoms. The number of benzene rings is 3. The van der Waals surface area contributed by atoms with E-state index in [1.807, 2.05) is 36.4 Å². The van der Waals surface area contributed by atoms with E-state index in [0.717, 1.165) is 34.5 Å². The highest BCUT2D eigenvalue weighted by molar-refractivity contribution is 14.1. The number of hydrogen-bond donors (Lipinski definition) is 2. The van der Waals surface area contributed by atoms with E-state index in [9.17, 15) is 14.9 Å². The second-order valence-corrected chi connectivity index (χ2v) is 10.1. The molecule has 1 amide bonds. The lowest BCUT2D eigenvalue weighted by Gasteiger charge is -2.26. The summed E-state index contributed by atoms with van der Waals surface area (Å²) in [7, 11) is 0. The SMILES string of the molecule is O=C1Nc2ccc([N+](=O)[O-])cc2C1=C(Nc1ccc(CN2CCCCC2)cc1)c1ccc(I)cc1. The van der Waals surface area contributed by atoms with Gasteiger partial charge in [0.1, 0.15) is 0 Å². The van der Waals surface area contributed by atoms with Crippen molar-refractivity contribution in [2.75, 3.05) is 23.7 Å². The number of nitrogens with zero attached hydrogens (tertiary/aromatic N) is 2. The van der Waals surface area contributed by atoms with Crippen molar-refractivity contribution in [3.05, 3.63) is 97.1 Å². The Morgan fingerprint density at radius 3 is 2.40 bits per heavy atom. The van der Waals surface area contributed by atoms with Crippen molar-refractivity contribution in [1.29, 1.82) is 0 Å². The van der Waals surface area contributed by atoms with Crippen LogP contribution in [0.4, 0.5) is 17.1 Å². The van der Waals surface area contributed by atoms with Crippen LogP contribution in [0.2, 0.25) is 0 Å². The Bertz CT molecular complexity index is 1300. The summed E-state index contributed by atoms with van der Waals surface area (Å²) >= 11 is 2.24. The van der Waals surface area contributed by atoms with Gasteiger partial charge in [-0.25, -0.2) is 0 Å². The summed E-state index contributed by atoms with van der Waals surface area (Å²) in [6.07, 6.45) is 3.83. The summed E-state index contributed by atoms with van der Waals surface area (Å²) in [4.78, 5) is 26.5. The van der Waals surface area contributed by atoms with Crippen LogP contribution < -0.4 is 10.6 Å². The fourth-order valence-electron chi connectivity index (χ4n) is 4.63. The van der Waals surface area contributed by atoms with Crippen LogP contribution in [0.15, 0.2) is 66.7 Å². The molecule has 2 heterocycles. The van der Waals surface area contributed by atoms with Gasteiger partial charge in [0.25, 0.3) is 11.6 Å². The van der Waals surface area contributed by atoms with Crippen LogP contribution in [0.5, 0.6) is 0 Å². The minimum atomic E-state index is -0.445. The number of hydrogen-bond acceptors (Lipinski definition) is 5. The van der Waals surface area contributed by atoms with Gasteiger partial charge in [-0.15, -0.1) is 0 Å². The quantitative estimate of drug-likeness (QED) is 0.159. The van der Waals surface area contributed by atoms with Crippen molar-refractivity contribution in [1.82, 2.24) is 4.90 Å². The second-order valence-electron chi connectivity index (χ2n) is 8.86. The lowest BCUT2D eigenvalue weighted by atomic mass is 9.99. The van der Waals surface area contributed by atoms with Gasteiger partial charge in [0.2, 0.25) is 0 Å². The molecule has 1 fully saturated rings. The summed E-state index contributed by atoms with van der Waals surface area (Å²) in [6, 6.07) is 20.6. The largest absolute Gasteiger partial charge is 0.354 e. The highest BCUT2D eigenvalue weighted by Gasteiger charge is 2.30. The second kappa shape index (κ2) is 10.2. The van der Waals surface area contributed by atoms with Crippen LogP contribution in [0.25, 0.3) is 11.3 Å². The number of non-ortho nitro benzene ring substituents is 1. The number of nitro groups is 1. The third kappa shape index (κ3) is 5.23. The third-order valence-corrected chi connectivity index (χ3v) is 7.14. The van der Waals surface area contributed by atoms with Crippen molar-refractivity contribution < 1.29 is 9.72 Å². The molecule has 0 radical (unpaired) electrons. The number of likely N-dealkylation sites (tertiary alicyclic amines) is 1. The van der Waals surface area contributed by atoms with Crippen LogP contribution in [0.3, 0.4) is 0 Å². The number of piperidine rings is 1. The first kappa shape index (κ1) is 23.5. The maximum absolute atomic E-state index is 13.1. The van der Waals surface area contributed by atoms with Gasteiger partial charge >= 0.3 is 0 Å². The average molecular weight is 580 g/mol. The molecule has 0 atom stereocenters. The van der Waals surface area contributed by atoms with Crippen LogP contribution in [0, 0.1) is 13.7 Å². The number of fused-ring (bicyclic) bond motifs is 1. The minimum absolute atomic E-state index is 0.0539. The fraction of sp³-hybridized carbons (Fsp3) is 0.222. The Balaban J connectivity index is 1.51. The standard InChI is InChI=1S/C27H25IN4O3/c28-20-8-6-19(7-9-20)26(25-23-16-22(32(34)35)12-13-24(23)30-27(25)33)29-21-10-4-18(5-11-21)17-31-14-2-1-3-15-31/h4-13,16,29H,1-3,14-15,17H2,(H,30,33). The smallest absolute Gasteiger partial charge is 0.270 e. The zero-order valence-electron chi connectivity index (χ0n) is 19.1. The molecule has 0 unspecified atom stereocenters. The predicted molar refractivity (Wildman–Crippen MR) is 147 cm³/mol. The molecule has 0 aliphatic carbocycles. The van der Waals surface area contributed by atoms with Crippen molar-refractivity contribution >= 4 is 56.8 Å². The molecule has 3 aromatic rings. The zero-order chi connectivity index (χ0) is 24.4. The Kier molecular flexibility index (Phi) is 6.83. The molecule has 0 bridgehead atoms. The number of carbonyl (C=O) groups excluding carboxylic acids is 1. The van der Waals surface area contributed by atoms with Gasteiger partial charge in [-0.3, -0.25) is 19.8 Å². The number of anilines is 2. The fourth-order valence-corrected chi connectivity index (χ4v) is 4.99. The zero-order valence-corrected chi connectivity index (χ0v) is 21.2. The molecular formula is C27H25IN4O3. The molecule has 2 aliphatic rings. The molecule has 0 saturated carbocycles. The van der Waals surface area contributed by atoms with Gasteiger partial charge in [0.15, 0.2) is 0 Å². The molecule has 7 nitrogen and oxygen atoms in total. The summed E-state index contributed by atoms with van der Waals surface area (Å²) in [6.45, 7) is 3.22. The predicted octanol–water partition coefficient (Wildman–Crippen LogP) is 6.12. The van der Waals surface area contributed by atoms with Crippen molar-refractivity contribution in [3.63, 3.8) is 0 Å². The van der Waals surface area contributed by atoms with Crippen LogP contribution in [-0.2, 0) is 11.3 Å². The van der Waals surface area contributed by atoms with Gasteiger partial charge in [-0.05, 0) is 90.0 Å². The van der Waals surface area contributed by atoms with Crippen molar-refractivity contribution in [3.8, 4) is 0 Å². The van der Waals surface area contributed by atoms with E-state index in [2.05, 4.69) is 50.3 Å². The highest BCUT2D eigenvalue weighted by Crippen LogP contribution is 2.39. The van der Waals surface area contributed by atoms with E-state index < -0.39 is 4.92 Å². The Labute approximate surface area is 217 Å². The molecule has 5 rings (SSSR count). The van der Waals surface area contributed by atoms with Gasteiger partial charge in [0.05, 0.1) is 16.2 Å². The normalized spacial score (nSPS) is 17.0. The maximum Gasteiger partial charge on any atom is 0.270 e. The lowest BCUT2D eigenvalue weighted by Crippen LogP contribution is -2.29. The minimum Gasteiger partial charge on any atom is -0.354 e. The Morgan fingerprint density at radius 1 is 1.00 bits per heavy atom. The third-order valence-electron chi connectivity index (χ3n) is 6.42. The number of halogens is 1. The molecule has 8 heteroatoms. The number of rotatable bonds is 6. The molecule has 2 aliphatic heterocycles. The highest BCUT2D eigenvalue weighted by atomic mass is 127. The molecule has 0 aromatic heterocycles. The summed E-state index contributed by atoms with van der Waals surface area (Å²) in [5.41, 5.74) is 4.96. The van der Waals surface area contributed by atoms with Gasteiger partial charge in [-0.1, -0.05) is 30.7 Å². The van der Waals surface area contributed by atoms with Crippen LogP contribution in [-0.4, -0.2) is 28.8 Å². The average Bonchev–Trinajstić information content (AvgIpc) is 3.19. The van der Waals surface area contributed by atoms with Crippen LogP contribution >= 0.6 is 22.6 Å². The number of amides is 1. The van der Waals surface area contributed by atoms with E-state index in [4.69, 9.17) is 0 Å². The van der Waals surface area contributed by atoms with E-state index >= 15 is 0 Å². The number of carbonyl (C=O) groups is 1. The first-order valence-corrected chi connectivity index (χ1v) is 12.7. The van der Waals surface area contributed by atoms with Gasteiger partial charge < -0.3 is 10.6 Å². The monoisotopic (exact) mass is 580 g/mol. The molecule has 178 valence electrons. The summed E-state index contributed by atoms with van der Waals surface area (Å²) in [5.74, 6) is -0.289. The van der Waals surface area contributed by atoms with Gasteiger partial charge in [-0.2, -0.15) is 0 Å². The van der Waals surface area contributed by atoms with Crippen LogP contribution in [0.1, 0.15) is 36.0 Å². The molecule has 3 aromatic carbocycles. The van der Waals surface area contributed by atoms with E-state index in [0.29, 0.717) is 22.5 Å². The topological polar surface area (TPSA) is 87.5 Å². The van der Waals surface area contributed by atoms with Crippen molar-refractivity contribution in [2.24, 2.45) is 0 Å². The first-order valence-electron chi connectivity index (χ1n) is 11.7. The lowest BCUT2D eigenvalue weighted by molar-refractivity contribution is -0.384. The molecule has 1 saturated heterocycles. The van der Waals surface area contributed by atoms with E-state index in [1.54, 1.807) is 6.07 Å². The summed E-state index contributed by atoms with van der Waals surface area (Å²) < 4.78 is 1.07. The van der Waals surface area contributed by atoms with Crippen molar-refractivity contribution in [2.45, 2.75) is 25.8 Å². The Hall–Kier alpha value is -3.24. The first-order chi connectivity index (χ1) is 17.0. The maximum atomic E-state index is 13.1. The van der Waals surface area contributed by atoms with E-state index in [-0.39, 0.29) is 11.6 Å². The molecule has 0 spiro atoms. The van der Waals surface area contributed by atoms with Gasteiger partial charge in [0, 0.05) is 39.2 Å². The van der Waals surface area contributed by atoms with E-state index in [1.165, 1.54) is 37.0 Å². The molecular weight excluding hydrogens is 555 g/mol. The number of nitrogens with one attached hydrogen (secondary N) is 2. The number of nitro benzene ring substituents is 1. The Morgan fingerprint density at radius 2 is 1.71 bits per heavy atom. The summed E-state index contributed by atoms with van der Waals surface area (Å²) in [5, 5.41) is 17.7.